The Labute approximate surface area is 48.3 Å². The summed E-state index contributed by atoms with van der Waals surface area (Å²) in [5, 5.41) is 8.71. The Morgan fingerprint density at radius 3 is 2.29 bits per heavy atom. The maximum Gasteiger partial charge on any atom is 0.111 e. The Kier molecular flexibility index (Phi) is 2.58. The highest BCUT2D eigenvalue weighted by molar-refractivity contribution is 6.17. The van der Waals surface area contributed by atoms with Gasteiger partial charge in [-0.25, -0.2) is 0 Å². The molecule has 0 aliphatic carbocycles. The molecule has 0 aliphatic rings. The van der Waals surface area contributed by atoms with Gasteiger partial charge in [-0.1, -0.05) is 0 Å². The van der Waals surface area contributed by atoms with Crippen molar-refractivity contribution in [1.82, 2.24) is 0 Å². The number of aliphatic hydroxyl groups is 1. The molecule has 0 rings (SSSR count). The van der Waals surface area contributed by atoms with Gasteiger partial charge in [-0.2, -0.15) is 0 Å². The highest BCUT2D eigenvalue weighted by Gasteiger charge is 2.09. The number of rotatable bonds is 2. The molecule has 3 N–H and O–H groups in total. The zero-order valence-electron chi connectivity index (χ0n) is 4.32. The molecule has 0 fully saturated rings. The van der Waals surface area contributed by atoms with Gasteiger partial charge >= 0.3 is 0 Å². The quantitative estimate of drug-likeness (QED) is 0.409. The number of hydrogen-bond acceptors (Lipinski definition) is 2. The molecule has 0 spiro atoms. The fraction of sp³-hybridized carbons (Fsp3) is 1.00. The molecule has 0 saturated carbocycles. The van der Waals surface area contributed by atoms with Gasteiger partial charge < -0.3 is 10.8 Å². The van der Waals surface area contributed by atoms with Crippen LogP contribution in [-0.2, 0) is 0 Å². The highest BCUT2D eigenvalue weighted by atomic mass is 35.5. The summed E-state index contributed by atoms with van der Waals surface area (Å²) in [6, 6.07) is 0. The van der Waals surface area contributed by atoms with Crippen LogP contribution in [0.2, 0.25) is 0 Å². The normalized spacial score (nSPS) is 18.9. The lowest BCUT2D eigenvalue weighted by Crippen LogP contribution is -2.35. The van der Waals surface area contributed by atoms with Crippen molar-refractivity contribution in [3.05, 3.63) is 0 Å². The van der Waals surface area contributed by atoms with Crippen molar-refractivity contribution >= 4 is 11.6 Å². The van der Waals surface area contributed by atoms with Crippen LogP contribution in [0.25, 0.3) is 0 Å². The SMILES string of the molecule is CC(N)(O)CCCl. The first kappa shape index (κ1) is 7.21. The van der Waals surface area contributed by atoms with E-state index in [0.717, 1.165) is 0 Å². The molecule has 0 bridgehead atoms. The van der Waals surface area contributed by atoms with Gasteiger partial charge in [-0.05, 0) is 6.92 Å². The molecule has 0 aromatic rings. The van der Waals surface area contributed by atoms with E-state index in [2.05, 4.69) is 0 Å². The van der Waals surface area contributed by atoms with Crippen molar-refractivity contribution in [2.45, 2.75) is 19.1 Å². The van der Waals surface area contributed by atoms with Crippen molar-refractivity contribution in [2.24, 2.45) is 5.73 Å². The van der Waals surface area contributed by atoms with Crippen LogP contribution >= 0.6 is 11.6 Å². The topological polar surface area (TPSA) is 46.2 Å². The molecule has 44 valence electrons. The van der Waals surface area contributed by atoms with Crippen LogP contribution < -0.4 is 5.73 Å². The van der Waals surface area contributed by atoms with Crippen molar-refractivity contribution in [1.29, 1.82) is 0 Å². The van der Waals surface area contributed by atoms with E-state index >= 15 is 0 Å². The van der Waals surface area contributed by atoms with E-state index in [4.69, 9.17) is 22.4 Å². The second kappa shape index (κ2) is 2.50. The summed E-state index contributed by atoms with van der Waals surface area (Å²) in [5.41, 5.74) is 4.04. The predicted octanol–water partition coefficient (Wildman–Crippen LogP) is 0.282. The van der Waals surface area contributed by atoms with E-state index < -0.39 is 5.72 Å². The van der Waals surface area contributed by atoms with Gasteiger partial charge in [0.15, 0.2) is 0 Å². The van der Waals surface area contributed by atoms with Crippen molar-refractivity contribution in [2.75, 3.05) is 5.88 Å². The van der Waals surface area contributed by atoms with E-state index in [1.807, 2.05) is 0 Å². The molecule has 0 aromatic heterocycles. The molecule has 0 saturated heterocycles. The third kappa shape index (κ3) is 6.21. The molecular formula is C4H10ClNO. The smallest absolute Gasteiger partial charge is 0.111 e. The summed E-state index contributed by atoms with van der Waals surface area (Å²) in [5.74, 6) is 0.406. The Bertz CT molecular complexity index is 50.1. The van der Waals surface area contributed by atoms with Gasteiger partial charge in [0.25, 0.3) is 0 Å². The van der Waals surface area contributed by atoms with Gasteiger partial charge in [0.2, 0.25) is 0 Å². The average molecular weight is 124 g/mol. The number of halogens is 1. The van der Waals surface area contributed by atoms with E-state index in [1.54, 1.807) is 0 Å². The summed E-state index contributed by atoms with van der Waals surface area (Å²) in [6.45, 7) is 1.52. The van der Waals surface area contributed by atoms with Crippen LogP contribution in [0.3, 0.4) is 0 Å². The molecule has 2 nitrogen and oxygen atoms in total. The molecule has 0 aliphatic heterocycles. The van der Waals surface area contributed by atoms with Crippen LogP contribution in [0, 0.1) is 0 Å². The minimum Gasteiger partial charge on any atom is -0.376 e. The standard InChI is InChI=1S/C4H10ClNO/c1-4(6,7)2-3-5/h7H,2-3,6H2,1H3. The molecular weight excluding hydrogens is 114 g/mol. The van der Waals surface area contributed by atoms with Crippen LogP contribution in [0.15, 0.2) is 0 Å². The average Bonchev–Trinajstić information content (AvgIpc) is 1.30. The van der Waals surface area contributed by atoms with E-state index in [1.165, 1.54) is 6.92 Å². The largest absolute Gasteiger partial charge is 0.376 e. The van der Waals surface area contributed by atoms with Crippen LogP contribution in [0.5, 0.6) is 0 Å². The fourth-order valence-corrected chi connectivity index (χ4v) is 0.574. The van der Waals surface area contributed by atoms with Crippen molar-refractivity contribution in [3.63, 3.8) is 0 Å². The number of hydrogen-bond donors (Lipinski definition) is 2. The first-order chi connectivity index (χ1) is 3.06. The molecule has 0 amide bonds. The number of alkyl halides is 1. The molecule has 0 heterocycles. The Morgan fingerprint density at radius 2 is 2.29 bits per heavy atom. The maximum absolute atomic E-state index is 8.71. The predicted molar refractivity (Wildman–Crippen MR) is 30.1 cm³/mol. The van der Waals surface area contributed by atoms with Gasteiger partial charge in [0, 0.05) is 12.3 Å². The third-order valence-electron chi connectivity index (χ3n) is 0.601. The maximum atomic E-state index is 8.71. The second-order valence-corrected chi connectivity index (χ2v) is 2.17. The summed E-state index contributed by atoms with van der Waals surface area (Å²) in [4.78, 5) is 0. The van der Waals surface area contributed by atoms with E-state index in [0.29, 0.717) is 12.3 Å². The molecule has 1 unspecified atom stereocenters. The minimum absolute atomic E-state index is 0.406. The van der Waals surface area contributed by atoms with Gasteiger partial charge in [-0.3, -0.25) is 0 Å². The fourth-order valence-electron chi connectivity index (χ4n) is 0.191. The first-order valence-electron chi connectivity index (χ1n) is 2.13. The molecule has 0 radical (unpaired) electrons. The second-order valence-electron chi connectivity index (χ2n) is 1.80. The van der Waals surface area contributed by atoms with E-state index in [-0.39, 0.29) is 0 Å². The lowest BCUT2D eigenvalue weighted by Gasteiger charge is -2.13. The van der Waals surface area contributed by atoms with Crippen molar-refractivity contribution in [3.8, 4) is 0 Å². The molecule has 0 aromatic carbocycles. The van der Waals surface area contributed by atoms with Gasteiger partial charge in [0.05, 0.1) is 0 Å². The van der Waals surface area contributed by atoms with Crippen LogP contribution in [0.4, 0.5) is 0 Å². The molecule has 7 heavy (non-hydrogen) atoms. The minimum atomic E-state index is -1.08. The Morgan fingerprint density at radius 1 is 1.86 bits per heavy atom. The van der Waals surface area contributed by atoms with Gasteiger partial charge in [-0.15, -0.1) is 11.6 Å². The Hall–Kier alpha value is 0.210. The summed E-state index contributed by atoms with van der Waals surface area (Å²) in [7, 11) is 0. The third-order valence-corrected chi connectivity index (χ3v) is 0.790. The van der Waals surface area contributed by atoms with Crippen LogP contribution in [0.1, 0.15) is 13.3 Å². The van der Waals surface area contributed by atoms with E-state index in [9.17, 15) is 0 Å². The lowest BCUT2D eigenvalue weighted by molar-refractivity contribution is 0.0642. The summed E-state index contributed by atoms with van der Waals surface area (Å²) < 4.78 is 0. The Balaban J connectivity index is 3.15. The zero-order valence-corrected chi connectivity index (χ0v) is 5.07. The molecule has 3 heteroatoms. The lowest BCUT2D eigenvalue weighted by atomic mass is 10.2. The van der Waals surface area contributed by atoms with Crippen LogP contribution in [-0.4, -0.2) is 16.7 Å². The summed E-state index contributed by atoms with van der Waals surface area (Å²) in [6.07, 6.45) is 0.439. The molecule has 1 atom stereocenters. The first-order valence-corrected chi connectivity index (χ1v) is 2.67. The zero-order chi connectivity index (χ0) is 5.91. The number of nitrogens with two attached hydrogens (primary N) is 1. The van der Waals surface area contributed by atoms with Crippen molar-refractivity contribution < 1.29 is 5.11 Å². The summed E-state index contributed by atoms with van der Waals surface area (Å²) >= 11 is 5.25. The highest BCUT2D eigenvalue weighted by Crippen LogP contribution is 1.99. The van der Waals surface area contributed by atoms with Gasteiger partial charge in [0.1, 0.15) is 5.72 Å². The monoisotopic (exact) mass is 123 g/mol.